The van der Waals surface area contributed by atoms with Gasteiger partial charge < -0.3 is 4.72 Å². The lowest BCUT2D eigenvalue weighted by atomic mass is 10.0. The lowest BCUT2D eigenvalue weighted by Crippen LogP contribution is -1.92. The summed E-state index contributed by atoms with van der Waals surface area (Å²) in [6, 6.07) is 23.0. The van der Waals surface area contributed by atoms with Crippen molar-refractivity contribution in [2.24, 2.45) is 0 Å². The highest BCUT2D eigenvalue weighted by Gasteiger charge is 2.03. The Morgan fingerprint density at radius 3 is 2.41 bits per heavy atom. The van der Waals surface area contributed by atoms with E-state index in [4.69, 9.17) is 0 Å². The number of benzene rings is 2. The van der Waals surface area contributed by atoms with Crippen LogP contribution < -0.4 is 4.72 Å². The van der Waals surface area contributed by atoms with Crippen molar-refractivity contribution in [3.05, 3.63) is 78.0 Å². The minimum atomic E-state index is 0.884. The summed E-state index contributed by atoms with van der Waals surface area (Å²) in [5, 5.41) is 0. The fourth-order valence-electron chi connectivity index (χ4n) is 2.35. The summed E-state index contributed by atoms with van der Waals surface area (Å²) in [6.07, 6.45) is 0. The Kier molecular flexibility index (Phi) is 4.45. The molecule has 0 spiro atoms. The molecule has 1 N–H and O–H groups in total. The Morgan fingerprint density at radius 1 is 0.864 bits per heavy atom. The van der Waals surface area contributed by atoms with E-state index in [0.717, 1.165) is 11.5 Å². The maximum absolute atomic E-state index is 4.44. The van der Waals surface area contributed by atoms with Crippen molar-refractivity contribution < 1.29 is 0 Å². The molecular formula is C19H18N2S. The highest BCUT2D eigenvalue weighted by molar-refractivity contribution is 8.00. The van der Waals surface area contributed by atoms with Gasteiger partial charge in [-0.25, -0.2) is 4.98 Å². The molecule has 2 aromatic carbocycles. The van der Waals surface area contributed by atoms with Crippen LogP contribution in [0.2, 0.25) is 0 Å². The molecule has 0 aliphatic heterocycles. The van der Waals surface area contributed by atoms with Gasteiger partial charge in [-0.05, 0) is 66.8 Å². The van der Waals surface area contributed by atoms with Gasteiger partial charge in [0.2, 0.25) is 0 Å². The first-order valence-electron chi connectivity index (χ1n) is 7.25. The van der Waals surface area contributed by atoms with Crippen molar-refractivity contribution in [2.45, 2.75) is 18.7 Å². The zero-order valence-corrected chi connectivity index (χ0v) is 13.5. The van der Waals surface area contributed by atoms with E-state index in [2.05, 4.69) is 59.1 Å². The Bertz CT molecular complexity index is 769. The van der Waals surface area contributed by atoms with E-state index in [1.807, 2.05) is 31.2 Å². The largest absolute Gasteiger partial charge is 0.310 e. The van der Waals surface area contributed by atoms with Crippen molar-refractivity contribution in [2.75, 3.05) is 4.72 Å². The second kappa shape index (κ2) is 6.67. The molecule has 2 nitrogen and oxygen atoms in total. The number of hydrogen-bond donors (Lipinski definition) is 1. The highest BCUT2D eigenvalue weighted by Crippen LogP contribution is 2.28. The monoisotopic (exact) mass is 306 g/mol. The van der Waals surface area contributed by atoms with Crippen LogP contribution in [0.15, 0.2) is 71.6 Å². The molecule has 3 heteroatoms. The Morgan fingerprint density at radius 2 is 1.68 bits per heavy atom. The van der Waals surface area contributed by atoms with Crippen molar-refractivity contribution >= 4 is 17.8 Å². The maximum Gasteiger partial charge on any atom is 0.136 e. The third-order valence-corrected chi connectivity index (χ3v) is 4.25. The quantitative estimate of drug-likeness (QED) is 0.646. The van der Waals surface area contributed by atoms with Crippen molar-refractivity contribution in [3.8, 4) is 11.1 Å². The lowest BCUT2D eigenvalue weighted by molar-refractivity contribution is 1.21. The second-order valence-electron chi connectivity index (χ2n) is 5.21. The molecule has 0 aliphatic rings. The highest BCUT2D eigenvalue weighted by atomic mass is 32.2. The minimum Gasteiger partial charge on any atom is -0.310 e. The third-order valence-electron chi connectivity index (χ3n) is 3.44. The fourth-order valence-corrected chi connectivity index (χ4v) is 3.06. The number of hydrogen-bond acceptors (Lipinski definition) is 3. The molecule has 0 radical (unpaired) electrons. The molecule has 22 heavy (non-hydrogen) atoms. The van der Waals surface area contributed by atoms with Gasteiger partial charge in [-0.15, -0.1) is 0 Å². The third kappa shape index (κ3) is 3.49. The predicted octanol–water partition coefficient (Wildman–Crippen LogP) is 5.48. The van der Waals surface area contributed by atoms with Crippen molar-refractivity contribution in [1.82, 2.24) is 4.98 Å². The Balaban J connectivity index is 1.75. The molecular weight excluding hydrogens is 288 g/mol. The van der Waals surface area contributed by atoms with E-state index in [-0.39, 0.29) is 0 Å². The van der Waals surface area contributed by atoms with E-state index in [1.165, 1.54) is 21.6 Å². The number of nitrogens with zero attached hydrogens (tertiary/aromatic N) is 1. The van der Waals surface area contributed by atoms with Crippen LogP contribution in [0.25, 0.3) is 11.1 Å². The topological polar surface area (TPSA) is 24.9 Å². The van der Waals surface area contributed by atoms with Crippen molar-refractivity contribution in [1.29, 1.82) is 0 Å². The number of nitrogens with one attached hydrogen (secondary N) is 1. The normalized spacial score (nSPS) is 10.5. The van der Waals surface area contributed by atoms with E-state index in [0.29, 0.717) is 0 Å². The fraction of sp³-hybridized carbons (Fsp3) is 0.105. The molecule has 0 saturated heterocycles. The van der Waals surface area contributed by atoms with Gasteiger partial charge in [0.25, 0.3) is 0 Å². The van der Waals surface area contributed by atoms with Crippen LogP contribution in [0.1, 0.15) is 11.3 Å². The van der Waals surface area contributed by atoms with E-state index in [1.54, 1.807) is 11.9 Å². The zero-order chi connectivity index (χ0) is 15.4. The van der Waals surface area contributed by atoms with Crippen LogP contribution in [0.5, 0.6) is 0 Å². The summed E-state index contributed by atoms with van der Waals surface area (Å²) >= 11 is 1.59. The summed E-state index contributed by atoms with van der Waals surface area (Å²) in [5.74, 6) is 0.884. The Labute approximate surface area is 135 Å². The standard InChI is InChI=1S/C19H18N2S/c1-14-13-17(22-21-19-10-6-7-15(2)20-19)11-12-18(14)16-8-4-3-5-9-16/h3-13H,1-2H3,(H,20,21). The molecule has 0 bridgehead atoms. The van der Waals surface area contributed by atoms with Crippen LogP contribution in [0.3, 0.4) is 0 Å². The van der Waals surface area contributed by atoms with E-state index in [9.17, 15) is 0 Å². The summed E-state index contributed by atoms with van der Waals surface area (Å²) in [4.78, 5) is 5.62. The van der Waals surface area contributed by atoms with Crippen molar-refractivity contribution in [3.63, 3.8) is 0 Å². The average Bonchev–Trinajstić information content (AvgIpc) is 2.54. The first kappa shape index (κ1) is 14.7. The summed E-state index contributed by atoms with van der Waals surface area (Å²) in [6.45, 7) is 4.14. The molecule has 1 aromatic heterocycles. The van der Waals surface area contributed by atoms with Crippen LogP contribution in [-0.2, 0) is 0 Å². The number of rotatable bonds is 4. The molecule has 3 aromatic rings. The van der Waals surface area contributed by atoms with Gasteiger partial charge in [0.05, 0.1) is 0 Å². The SMILES string of the molecule is Cc1cccc(NSc2ccc(-c3ccccc3)c(C)c2)n1. The average molecular weight is 306 g/mol. The molecule has 0 fully saturated rings. The van der Waals surface area contributed by atoms with Crippen LogP contribution >= 0.6 is 11.9 Å². The second-order valence-corrected chi connectivity index (χ2v) is 6.09. The number of anilines is 1. The smallest absolute Gasteiger partial charge is 0.136 e. The first-order valence-corrected chi connectivity index (χ1v) is 8.06. The first-order chi connectivity index (χ1) is 10.7. The molecule has 0 saturated carbocycles. The van der Waals surface area contributed by atoms with Crippen LogP contribution in [0.4, 0.5) is 5.82 Å². The van der Waals surface area contributed by atoms with Gasteiger partial charge in [0.15, 0.2) is 0 Å². The van der Waals surface area contributed by atoms with E-state index < -0.39 is 0 Å². The lowest BCUT2D eigenvalue weighted by Gasteiger charge is -2.09. The molecule has 110 valence electrons. The summed E-state index contributed by atoms with van der Waals surface area (Å²) < 4.78 is 3.29. The summed E-state index contributed by atoms with van der Waals surface area (Å²) in [5.41, 5.74) is 4.82. The molecule has 3 rings (SSSR count). The van der Waals surface area contributed by atoms with Crippen LogP contribution in [0, 0.1) is 13.8 Å². The Hall–Kier alpha value is -2.26. The maximum atomic E-state index is 4.44. The molecule has 0 aliphatic carbocycles. The number of aromatic nitrogens is 1. The van der Waals surface area contributed by atoms with Gasteiger partial charge in [-0.3, -0.25) is 0 Å². The molecule has 0 unspecified atom stereocenters. The van der Waals surface area contributed by atoms with Gasteiger partial charge in [0.1, 0.15) is 5.82 Å². The number of aryl methyl sites for hydroxylation is 2. The molecule has 0 atom stereocenters. The van der Waals surface area contributed by atoms with E-state index >= 15 is 0 Å². The van der Waals surface area contributed by atoms with Crippen LogP contribution in [-0.4, -0.2) is 4.98 Å². The number of pyridine rings is 1. The minimum absolute atomic E-state index is 0.884. The zero-order valence-electron chi connectivity index (χ0n) is 12.7. The predicted molar refractivity (Wildman–Crippen MR) is 95.1 cm³/mol. The van der Waals surface area contributed by atoms with Gasteiger partial charge >= 0.3 is 0 Å². The molecule has 1 heterocycles. The molecule has 0 amide bonds. The summed E-state index contributed by atoms with van der Waals surface area (Å²) in [7, 11) is 0. The van der Waals surface area contributed by atoms with Gasteiger partial charge in [-0.1, -0.05) is 42.5 Å². The van der Waals surface area contributed by atoms with Gasteiger partial charge in [0, 0.05) is 10.6 Å². The van der Waals surface area contributed by atoms with Gasteiger partial charge in [-0.2, -0.15) is 0 Å².